The van der Waals surface area contributed by atoms with Crippen molar-refractivity contribution < 1.29 is 28.9 Å². The Morgan fingerprint density at radius 1 is 1.09 bits per heavy atom. The number of thiocarbonyl (C=S) groups is 1. The van der Waals surface area contributed by atoms with Gasteiger partial charge in [-0.2, -0.15) is 0 Å². The summed E-state index contributed by atoms with van der Waals surface area (Å²) < 4.78 is 17.2. The molecule has 1 amide bonds. The number of amides is 1. The molecule has 1 atom stereocenters. The molecule has 1 N–H and O–H groups in total. The maximum absolute atomic E-state index is 13.1. The zero-order chi connectivity index (χ0) is 24.0. The van der Waals surface area contributed by atoms with Crippen molar-refractivity contribution in [3.63, 3.8) is 0 Å². The third-order valence-corrected chi connectivity index (χ3v) is 5.98. The Balaban J connectivity index is 1.84. The number of ether oxygens (including phenoxy) is 3. The standard InChI is InChI=1S/C24H25NO6S2/c1-4-18(23(27)28)31-19-12-7-15(13-20(19)30-6-3)14-21-22(26)25(24(32)33-21)16-8-10-17(11-9-16)29-5-2/h7-14,18H,4-6H2,1-3H3,(H,27,28)/b21-14+. The Morgan fingerprint density at radius 2 is 1.79 bits per heavy atom. The molecule has 9 heteroatoms. The molecule has 0 bridgehead atoms. The number of carbonyl (C=O) groups excluding carboxylic acids is 1. The van der Waals surface area contributed by atoms with Crippen molar-refractivity contribution in [1.29, 1.82) is 0 Å². The number of thioether (sulfide) groups is 1. The van der Waals surface area contributed by atoms with Crippen molar-refractivity contribution >= 4 is 51.9 Å². The number of hydrogen-bond donors (Lipinski definition) is 1. The topological polar surface area (TPSA) is 85.3 Å². The van der Waals surface area contributed by atoms with Gasteiger partial charge >= 0.3 is 5.97 Å². The van der Waals surface area contributed by atoms with E-state index < -0.39 is 12.1 Å². The average molecular weight is 488 g/mol. The minimum atomic E-state index is -1.04. The lowest BCUT2D eigenvalue weighted by molar-refractivity contribution is -0.145. The number of anilines is 1. The summed E-state index contributed by atoms with van der Waals surface area (Å²) in [6.07, 6.45) is 1.08. The smallest absolute Gasteiger partial charge is 0.344 e. The molecule has 2 aromatic rings. The van der Waals surface area contributed by atoms with Gasteiger partial charge < -0.3 is 19.3 Å². The van der Waals surface area contributed by atoms with E-state index >= 15 is 0 Å². The van der Waals surface area contributed by atoms with E-state index in [-0.39, 0.29) is 5.91 Å². The Labute approximate surface area is 202 Å². The van der Waals surface area contributed by atoms with Gasteiger partial charge in [-0.05, 0) is 68.3 Å². The number of nitrogens with zero attached hydrogens (tertiary/aromatic N) is 1. The second-order valence-corrected chi connectivity index (χ2v) is 8.61. The highest BCUT2D eigenvalue weighted by Gasteiger charge is 2.33. The second kappa shape index (κ2) is 11.2. The normalized spacial score (nSPS) is 15.6. The molecular formula is C24H25NO6S2. The molecule has 2 aromatic carbocycles. The summed E-state index contributed by atoms with van der Waals surface area (Å²) in [5, 5.41) is 9.28. The summed E-state index contributed by atoms with van der Waals surface area (Å²) in [4.78, 5) is 26.4. The summed E-state index contributed by atoms with van der Waals surface area (Å²) in [6.45, 7) is 6.41. The van der Waals surface area contributed by atoms with Crippen LogP contribution in [0.5, 0.6) is 17.2 Å². The Bertz CT molecular complexity index is 1070. The number of rotatable bonds is 10. The quantitative estimate of drug-likeness (QED) is 0.365. The first kappa shape index (κ1) is 24.6. The maximum atomic E-state index is 13.1. The number of aliphatic carboxylic acids is 1. The number of carboxylic acid groups (broad SMARTS) is 1. The molecule has 1 heterocycles. The molecule has 7 nitrogen and oxygen atoms in total. The third kappa shape index (κ3) is 5.85. The molecule has 1 saturated heterocycles. The molecule has 174 valence electrons. The summed E-state index contributed by atoms with van der Waals surface area (Å²) in [7, 11) is 0. The van der Waals surface area contributed by atoms with E-state index in [0.717, 1.165) is 5.75 Å². The monoisotopic (exact) mass is 487 g/mol. The van der Waals surface area contributed by atoms with E-state index in [0.29, 0.717) is 51.6 Å². The van der Waals surface area contributed by atoms with Crippen LogP contribution in [0.25, 0.3) is 6.08 Å². The highest BCUT2D eigenvalue weighted by Crippen LogP contribution is 2.38. The van der Waals surface area contributed by atoms with E-state index in [4.69, 9.17) is 26.4 Å². The first-order valence-corrected chi connectivity index (χ1v) is 11.8. The lowest BCUT2D eigenvalue weighted by Gasteiger charge is -2.17. The number of hydrogen-bond acceptors (Lipinski definition) is 7. The van der Waals surface area contributed by atoms with E-state index in [1.54, 1.807) is 55.5 Å². The SMILES string of the molecule is CCOc1ccc(N2C(=O)/C(=C\c3ccc(OC(CC)C(=O)O)c(OCC)c3)SC2=S)cc1. The van der Waals surface area contributed by atoms with Gasteiger partial charge in [0.25, 0.3) is 5.91 Å². The molecule has 33 heavy (non-hydrogen) atoms. The van der Waals surface area contributed by atoms with Gasteiger partial charge in [0.2, 0.25) is 0 Å². The molecule has 0 saturated carbocycles. The van der Waals surface area contributed by atoms with Gasteiger partial charge in [-0.15, -0.1) is 0 Å². The van der Waals surface area contributed by atoms with Gasteiger partial charge in [0.1, 0.15) is 5.75 Å². The van der Waals surface area contributed by atoms with Crippen LogP contribution in [0, 0.1) is 0 Å². The second-order valence-electron chi connectivity index (χ2n) is 6.94. The maximum Gasteiger partial charge on any atom is 0.344 e. The van der Waals surface area contributed by atoms with Crippen LogP contribution in [-0.4, -0.2) is 40.6 Å². The number of benzene rings is 2. The molecule has 0 aliphatic carbocycles. The predicted molar refractivity (Wildman–Crippen MR) is 133 cm³/mol. The molecule has 3 rings (SSSR count). The summed E-state index contributed by atoms with van der Waals surface area (Å²) >= 11 is 6.66. The van der Waals surface area contributed by atoms with Gasteiger partial charge in [0.05, 0.1) is 23.8 Å². The highest BCUT2D eigenvalue weighted by atomic mass is 32.2. The van der Waals surface area contributed by atoms with Crippen molar-refractivity contribution in [1.82, 2.24) is 0 Å². The summed E-state index contributed by atoms with van der Waals surface area (Å²) in [5.41, 5.74) is 1.38. The van der Waals surface area contributed by atoms with Gasteiger partial charge in [-0.3, -0.25) is 9.69 Å². The van der Waals surface area contributed by atoms with E-state index in [1.807, 2.05) is 13.8 Å². The van der Waals surface area contributed by atoms with Gasteiger partial charge in [0.15, 0.2) is 21.9 Å². The van der Waals surface area contributed by atoms with Gasteiger partial charge in [-0.25, -0.2) is 4.79 Å². The fourth-order valence-electron chi connectivity index (χ4n) is 3.14. The van der Waals surface area contributed by atoms with Crippen molar-refractivity contribution in [3.05, 3.63) is 52.9 Å². The van der Waals surface area contributed by atoms with Crippen LogP contribution in [0.15, 0.2) is 47.4 Å². The van der Waals surface area contributed by atoms with Crippen LogP contribution in [0.2, 0.25) is 0 Å². The summed E-state index contributed by atoms with van der Waals surface area (Å²) in [5.74, 6) is 0.214. The van der Waals surface area contributed by atoms with E-state index in [9.17, 15) is 14.7 Å². The van der Waals surface area contributed by atoms with Crippen LogP contribution in [0.3, 0.4) is 0 Å². The van der Waals surface area contributed by atoms with Crippen LogP contribution < -0.4 is 19.1 Å². The fraction of sp³-hybridized carbons (Fsp3) is 0.292. The predicted octanol–water partition coefficient (Wildman–Crippen LogP) is 5.13. The average Bonchev–Trinajstić information content (AvgIpc) is 3.06. The largest absolute Gasteiger partial charge is 0.494 e. The molecule has 0 aromatic heterocycles. The Hall–Kier alpha value is -3.04. The van der Waals surface area contributed by atoms with E-state index in [2.05, 4.69) is 0 Å². The molecule has 1 aliphatic heterocycles. The molecule has 0 radical (unpaired) electrons. The minimum absolute atomic E-state index is 0.218. The van der Waals surface area contributed by atoms with Crippen LogP contribution in [0.1, 0.15) is 32.8 Å². The van der Waals surface area contributed by atoms with Crippen LogP contribution in [-0.2, 0) is 9.59 Å². The lowest BCUT2D eigenvalue weighted by Crippen LogP contribution is -2.27. The first-order valence-electron chi connectivity index (χ1n) is 10.5. The zero-order valence-electron chi connectivity index (χ0n) is 18.6. The molecule has 1 unspecified atom stereocenters. The van der Waals surface area contributed by atoms with Gasteiger partial charge in [0, 0.05) is 0 Å². The molecule has 1 fully saturated rings. The van der Waals surface area contributed by atoms with Crippen molar-refractivity contribution in [2.24, 2.45) is 0 Å². The van der Waals surface area contributed by atoms with E-state index in [1.165, 1.54) is 16.7 Å². The molecular weight excluding hydrogens is 462 g/mol. The first-order chi connectivity index (χ1) is 15.9. The number of carboxylic acids is 1. The van der Waals surface area contributed by atoms with Crippen LogP contribution >= 0.6 is 24.0 Å². The third-order valence-electron chi connectivity index (χ3n) is 4.68. The van der Waals surface area contributed by atoms with Gasteiger partial charge in [-0.1, -0.05) is 37.0 Å². The Kier molecular flexibility index (Phi) is 8.35. The number of carbonyl (C=O) groups is 2. The highest BCUT2D eigenvalue weighted by molar-refractivity contribution is 8.27. The lowest BCUT2D eigenvalue weighted by atomic mass is 10.1. The van der Waals surface area contributed by atoms with Crippen molar-refractivity contribution in [2.75, 3.05) is 18.1 Å². The fourth-order valence-corrected chi connectivity index (χ4v) is 4.44. The van der Waals surface area contributed by atoms with Crippen molar-refractivity contribution in [2.45, 2.75) is 33.3 Å². The molecule has 1 aliphatic rings. The summed E-state index contributed by atoms with van der Waals surface area (Å²) in [6, 6.07) is 12.3. The Morgan fingerprint density at radius 3 is 2.39 bits per heavy atom. The van der Waals surface area contributed by atoms with Crippen LogP contribution in [0.4, 0.5) is 5.69 Å². The molecule has 0 spiro atoms. The minimum Gasteiger partial charge on any atom is -0.494 e. The van der Waals surface area contributed by atoms with Crippen molar-refractivity contribution in [3.8, 4) is 17.2 Å². The zero-order valence-corrected chi connectivity index (χ0v) is 20.2.